The van der Waals surface area contributed by atoms with Gasteiger partial charge in [0.1, 0.15) is 0 Å². The smallest absolute Gasteiger partial charge is 0 e. The summed E-state index contributed by atoms with van der Waals surface area (Å²) in [5.74, 6) is 0. The average Bonchev–Trinajstić information content (AvgIpc) is 1.46. The molecule has 0 spiro atoms. The van der Waals surface area contributed by atoms with Gasteiger partial charge in [-0.25, -0.2) is 0 Å². The summed E-state index contributed by atoms with van der Waals surface area (Å²) in [4.78, 5) is 0. The Balaban J connectivity index is 0.0000000900. The Labute approximate surface area is 38.8 Å². The maximum atomic E-state index is 2.25. The number of hydrogen-bond donors (Lipinski definition) is 0. The van der Waals surface area contributed by atoms with Gasteiger partial charge in [-0.05, 0) is 19.3 Å². The largest absolute Gasteiger partial charge is 0.0499 e. The van der Waals surface area contributed by atoms with Crippen LogP contribution in [0.1, 0.15) is 12.8 Å². The van der Waals surface area contributed by atoms with Crippen molar-refractivity contribution in [3.63, 3.8) is 0 Å². The zero-order valence-electron chi connectivity index (χ0n) is 2.99. The van der Waals surface area contributed by atoms with Crippen molar-refractivity contribution in [2.75, 3.05) is 0 Å². The van der Waals surface area contributed by atoms with E-state index in [1.165, 1.54) is 12.8 Å². The third-order valence-electron chi connectivity index (χ3n) is 0.289. The third-order valence-corrected chi connectivity index (χ3v) is 0.289. The number of hydrogen-bond acceptors (Lipinski definition) is 0. The fourth-order valence-corrected chi connectivity index (χ4v) is 0. The Hall–Kier alpha value is 0.597. The van der Waals surface area contributed by atoms with Crippen LogP contribution in [0.15, 0.2) is 0 Å². The van der Waals surface area contributed by atoms with Crippen molar-refractivity contribution >= 4 is 18.9 Å². The summed E-state index contributed by atoms with van der Waals surface area (Å²) in [6.07, 6.45) is 5.00. The molecule has 0 saturated heterocycles. The van der Waals surface area contributed by atoms with E-state index in [-0.39, 0.29) is 18.9 Å². The van der Waals surface area contributed by atoms with Crippen LogP contribution in [0.4, 0.5) is 0 Å². The van der Waals surface area contributed by atoms with E-state index in [2.05, 4.69) is 6.42 Å². The molecule has 0 atom stereocenters. The molecule has 0 N–H and O–H groups in total. The van der Waals surface area contributed by atoms with E-state index in [4.69, 9.17) is 0 Å². The average molecular weight is 48.0 g/mol. The molecule has 1 saturated carbocycles. The number of rotatable bonds is 0. The van der Waals surface area contributed by atoms with Crippen LogP contribution < -0.4 is 0 Å². The molecule has 0 aromatic rings. The van der Waals surface area contributed by atoms with Crippen LogP contribution in [-0.2, 0) is 0 Å². The predicted octanol–water partition coefficient (Wildman–Crippen LogP) is 0.604. The summed E-state index contributed by atoms with van der Waals surface area (Å²) in [6.45, 7) is 0. The second kappa shape index (κ2) is 1.88. The molecule has 0 aliphatic heterocycles. The summed E-state index contributed by atoms with van der Waals surface area (Å²) in [5, 5.41) is 0. The van der Waals surface area contributed by atoms with E-state index < -0.39 is 0 Å². The van der Waals surface area contributed by atoms with E-state index in [0.29, 0.717) is 0 Å². The van der Waals surface area contributed by atoms with Crippen molar-refractivity contribution in [2.24, 2.45) is 0 Å². The minimum atomic E-state index is 0. The van der Waals surface area contributed by atoms with Gasteiger partial charge in [-0.2, -0.15) is 0 Å². The van der Waals surface area contributed by atoms with Crippen LogP contribution >= 0.6 is 0 Å². The third kappa shape index (κ3) is 2.60. The Kier molecular flexibility index (Phi) is 2.16. The molecule has 0 heterocycles. The molecule has 18 valence electrons. The first-order valence-corrected chi connectivity index (χ1v) is 1.32. The first-order chi connectivity index (χ1) is 1.50. The topological polar surface area (TPSA) is 0 Å². The molecule has 0 aromatic carbocycles. The second-order valence-corrected chi connectivity index (χ2v) is 0.866. The van der Waals surface area contributed by atoms with Crippen molar-refractivity contribution in [2.45, 2.75) is 12.8 Å². The zero-order chi connectivity index (χ0) is 2.12. The maximum absolute atomic E-state index is 2.25. The first-order valence-electron chi connectivity index (χ1n) is 1.32. The van der Waals surface area contributed by atoms with Gasteiger partial charge in [-0.15, -0.1) is 0 Å². The van der Waals surface area contributed by atoms with Gasteiger partial charge in [0.25, 0.3) is 0 Å². The first kappa shape index (κ1) is 4.60. The summed E-state index contributed by atoms with van der Waals surface area (Å²) in [5.41, 5.74) is 0. The molecule has 0 unspecified atom stereocenters. The van der Waals surface area contributed by atoms with Gasteiger partial charge in [-0.1, -0.05) is 0 Å². The standard InChI is InChI=1S/C3H5.Li/c1-2-3-1;/h1H,2-3H2;. The maximum Gasteiger partial charge on any atom is 0 e. The van der Waals surface area contributed by atoms with Gasteiger partial charge in [0.05, 0.1) is 0 Å². The summed E-state index contributed by atoms with van der Waals surface area (Å²) in [7, 11) is 0. The summed E-state index contributed by atoms with van der Waals surface area (Å²) < 4.78 is 0. The van der Waals surface area contributed by atoms with E-state index in [1.54, 1.807) is 0 Å². The fourth-order valence-electron chi connectivity index (χ4n) is 0. The second-order valence-electron chi connectivity index (χ2n) is 0.866. The Bertz CT molecular complexity index is 8.00. The molecule has 0 amide bonds. The molecule has 0 nitrogen and oxygen atoms in total. The Morgan fingerprint density at radius 1 is 1.25 bits per heavy atom. The van der Waals surface area contributed by atoms with E-state index >= 15 is 0 Å². The van der Waals surface area contributed by atoms with Crippen molar-refractivity contribution in [1.82, 2.24) is 0 Å². The summed E-state index contributed by atoms with van der Waals surface area (Å²) in [6, 6.07) is 0. The van der Waals surface area contributed by atoms with Crippen molar-refractivity contribution in [1.29, 1.82) is 0 Å². The van der Waals surface area contributed by atoms with Crippen LogP contribution in [0.3, 0.4) is 0 Å². The van der Waals surface area contributed by atoms with Gasteiger partial charge in [0.2, 0.25) is 0 Å². The molecule has 2 radical (unpaired) electrons. The van der Waals surface area contributed by atoms with Gasteiger partial charge in [-0.3, -0.25) is 0 Å². The van der Waals surface area contributed by atoms with Crippen molar-refractivity contribution in [3.8, 4) is 0 Å². The molecular formula is C3H5Li. The van der Waals surface area contributed by atoms with Gasteiger partial charge in [0, 0.05) is 18.9 Å². The fraction of sp³-hybridized carbons (Fsp3) is 0.667. The van der Waals surface area contributed by atoms with Crippen LogP contribution in [0.25, 0.3) is 0 Å². The Morgan fingerprint density at radius 3 is 1.50 bits per heavy atom. The molecule has 1 rings (SSSR count). The van der Waals surface area contributed by atoms with Gasteiger partial charge < -0.3 is 0 Å². The quantitative estimate of drug-likeness (QED) is 0.352. The monoisotopic (exact) mass is 48.1 g/mol. The minimum Gasteiger partial charge on any atom is -0.0499 e. The molecule has 1 heteroatoms. The molecule has 1 fully saturated rings. The minimum absolute atomic E-state index is 0. The molecule has 1 aliphatic rings. The molecule has 0 aromatic heterocycles. The predicted molar refractivity (Wildman–Crippen MR) is 19.3 cm³/mol. The van der Waals surface area contributed by atoms with Crippen LogP contribution in [-0.4, -0.2) is 18.9 Å². The van der Waals surface area contributed by atoms with Crippen LogP contribution in [0.2, 0.25) is 0 Å². The van der Waals surface area contributed by atoms with E-state index in [1.807, 2.05) is 0 Å². The van der Waals surface area contributed by atoms with Crippen molar-refractivity contribution in [3.05, 3.63) is 6.42 Å². The van der Waals surface area contributed by atoms with E-state index in [0.717, 1.165) is 0 Å². The van der Waals surface area contributed by atoms with Crippen LogP contribution in [0, 0.1) is 6.42 Å². The van der Waals surface area contributed by atoms with Crippen molar-refractivity contribution < 1.29 is 0 Å². The molecule has 1 aliphatic carbocycles. The zero-order valence-corrected chi connectivity index (χ0v) is 2.99. The summed E-state index contributed by atoms with van der Waals surface area (Å²) >= 11 is 0. The molecule has 0 bridgehead atoms. The van der Waals surface area contributed by atoms with Crippen LogP contribution in [0.5, 0.6) is 0 Å². The Morgan fingerprint density at radius 2 is 1.50 bits per heavy atom. The van der Waals surface area contributed by atoms with E-state index in [9.17, 15) is 0 Å². The molecular weight excluding hydrogens is 43.0 g/mol. The van der Waals surface area contributed by atoms with Gasteiger partial charge >= 0.3 is 0 Å². The molecule has 4 heavy (non-hydrogen) atoms. The van der Waals surface area contributed by atoms with Gasteiger partial charge in [0.15, 0.2) is 0 Å². The normalized spacial score (nSPS) is 18.0. The SMILES string of the molecule is [CH]1CC1.[Li].